The highest BCUT2D eigenvalue weighted by Gasteiger charge is 2.33. The maximum Gasteiger partial charge on any atom is 0.673 e. The van der Waals surface area contributed by atoms with E-state index in [0.717, 1.165) is 17.3 Å². The van der Waals surface area contributed by atoms with Gasteiger partial charge in [-0.05, 0) is 64.8 Å². The molecule has 0 saturated carbocycles. The predicted molar refractivity (Wildman–Crippen MR) is 103 cm³/mol. The zero-order chi connectivity index (χ0) is 21.0. The van der Waals surface area contributed by atoms with Crippen LogP contribution < -0.4 is 4.74 Å². The molecule has 0 aliphatic carbocycles. The number of methoxy groups -OCH3 is 1. The summed E-state index contributed by atoms with van der Waals surface area (Å²) in [6.45, 7) is 13.1. The van der Waals surface area contributed by atoms with Crippen molar-refractivity contribution in [3.8, 4) is 16.9 Å². The van der Waals surface area contributed by atoms with Crippen molar-refractivity contribution >= 4 is 7.25 Å². The Morgan fingerprint density at radius 1 is 0.741 bits per heavy atom. The smallest absolute Gasteiger partial charge is 0.497 e. The summed E-state index contributed by atoms with van der Waals surface area (Å²) < 4.78 is 50.4. The second-order valence-electron chi connectivity index (χ2n) is 8.30. The van der Waals surface area contributed by atoms with E-state index in [1.165, 1.54) is 11.1 Å². The molecule has 150 valence electrons. The highest BCUT2D eigenvalue weighted by molar-refractivity contribution is 6.50. The molecule has 0 amide bonds. The Hall–Kier alpha value is -2.05. The molecule has 2 nitrogen and oxygen atoms in total. The van der Waals surface area contributed by atoms with Crippen molar-refractivity contribution in [2.75, 3.05) is 7.11 Å². The monoisotopic (exact) mass is 386 g/mol. The lowest BCUT2D eigenvalue weighted by Crippen LogP contribution is -2.16. The van der Waals surface area contributed by atoms with Crippen LogP contribution in [0.4, 0.5) is 17.3 Å². The quantitative estimate of drug-likeness (QED) is 0.311. The Morgan fingerprint density at radius 2 is 1.11 bits per heavy atom. The topological polar surface area (TPSA) is 20.5 Å². The second kappa shape index (κ2) is 8.32. The van der Waals surface area contributed by atoms with Crippen molar-refractivity contribution < 1.29 is 26.4 Å². The van der Waals surface area contributed by atoms with E-state index < -0.39 is 7.25 Å². The molecule has 0 radical (unpaired) electrons. The van der Waals surface area contributed by atoms with E-state index in [-0.39, 0.29) is 10.8 Å². The van der Waals surface area contributed by atoms with Gasteiger partial charge in [-0.3, -0.25) is 0 Å². The molecule has 0 fully saturated rings. The lowest BCUT2D eigenvalue weighted by molar-refractivity contribution is 0.329. The molecule has 2 rings (SSSR count). The average molecular weight is 386 g/mol. The highest BCUT2D eigenvalue weighted by Crippen LogP contribution is 2.34. The first kappa shape index (κ1) is 23.0. The molecule has 1 aromatic heterocycles. The number of hydrogen-bond donors (Lipinski definition) is 0. The van der Waals surface area contributed by atoms with Gasteiger partial charge in [0.2, 0.25) is 0 Å². The van der Waals surface area contributed by atoms with Gasteiger partial charge in [-0.25, -0.2) is 4.42 Å². The molecule has 0 aliphatic rings. The summed E-state index contributed by atoms with van der Waals surface area (Å²) in [7, 11) is -4.31. The van der Waals surface area contributed by atoms with Crippen molar-refractivity contribution in [2.24, 2.45) is 0 Å². The Bertz CT molecular complexity index is 704. The van der Waals surface area contributed by atoms with Gasteiger partial charge in [0.25, 0.3) is 0 Å². The summed E-state index contributed by atoms with van der Waals surface area (Å²) in [5.74, 6) is 2.88. The largest absolute Gasteiger partial charge is 0.673 e. The third-order valence-corrected chi connectivity index (χ3v) is 3.69. The van der Waals surface area contributed by atoms with E-state index in [1.807, 2.05) is 12.1 Å². The van der Waals surface area contributed by atoms with Gasteiger partial charge in [-0.2, -0.15) is 0 Å². The molecule has 0 saturated heterocycles. The van der Waals surface area contributed by atoms with Gasteiger partial charge in [-0.15, -0.1) is 0 Å². The molecule has 0 bridgehead atoms. The summed E-state index contributed by atoms with van der Waals surface area (Å²) in [5, 5.41) is 0. The van der Waals surface area contributed by atoms with Gasteiger partial charge >= 0.3 is 18.8 Å². The average Bonchev–Trinajstić information content (AvgIpc) is 2.51. The van der Waals surface area contributed by atoms with Gasteiger partial charge in [-0.1, -0.05) is 12.1 Å². The molecule has 2 aromatic rings. The van der Waals surface area contributed by atoms with Gasteiger partial charge < -0.3 is 22.0 Å². The molecule has 1 aromatic carbocycles. The maximum absolute atomic E-state index is 9.75. The number of rotatable bonds is 2. The summed E-state index contributed by atoms with van der Waals surface area (Å²) >= 11 is 0. The molecule has 0 aliphatic heterocycles. The zero-order valence-corrected chi connectivity index (χ0v) is 16.9. The van der Waals surface area contributed by atoms with Crippen LogP contribution in [0.3, 0.4) is 0 Å². The first-order valence-electron chi connectivity index (χ1n) is 8.62. The SMILES string of the molecule is COc1ccc(-c2cc(C(C)(C)C)[o+]c(C(C)(C)C)c2)cc1.F[B-](F)(F)F. The van der Waals surface area contributed by atoms with Crippen LogP contribution in [0.2, 0.25) is 0 Å². The molecular weight excluding hydrogens is 359 g/mol. The van der Waals surface area contributed by atoms with E-state index in [9.17, 15) is 17.3 Å². The van der Waals surface area contributed by atoms with Gasteiger partial charge in [0.15, 0.2) is 0 Å². The predicted octanol–water partition coefficient (Wildman–Crippen LogP) is 7.13. The molecule has 27 heavy (non-hydrogen) atoms. The third kappa shape index (κ3) is 8.02. The van der Waals surface area contributed by atoms with E-state index in [0.29, 0.717) is 0 Å². The summed E-state index contributed by atoms with van der Waals surface area (Å²) in [6, 6.07) is 12.5. The molecule has 0 atom stereocenters. The fraction of sp³-hybridized carbons (Fsp3) is 0.450. The van der Waals surface area contributed by atoms with Crippen molar-refractivity contribution in [3.63, 3.8) is 0 Å². The molecule has 0 unspecified atom stereocenters. The number of hydrogen-bond acceptors (Lipinski definition) is 1. The zero-order valence-electron chi connectivity index (χ0n) is 16.9. The Morgan fingerprint density at radius 3 is 1.41 bits per heavy atom. The van der Waals surface area contributed by atoms with Crippen LogP contribution in [-0.2, 0) is 10.8 Å². The van der Waals surface area contributed by atoms with Crippen molar-refractivity contribution in [2.45, 2.75) is 52.4 Å². The van der Waals surface area contributed by atoms with Crippen molar-refractivity contribution in [1.82, 2.24) is 0 Å². The van der Waals surface area contributed by atoms with Crippen LogP contribution >= 0.6 is 0 Å². The fourth-order valence-corrected chi connectivity index (χ4v) is 2.19. The van der Waals surface area contributed by atoms with Crippen LogP contribution in [0.1, 0.15) is 53.1 Å². The Labute approximate surface area is 158 Å². The van der Waals surface area contributed by atoms with E-state index in [2.05, 4.69) is 65.8 Å². The normalized spacial score (nSPS) is 12.3. The lowest BCUT2D eigenvalue weighted by atomic mass is 9.87. The van der Waals surface area contributed by atoms with Crippen molar-refractivity contribution in [1.29, 1.82) is 0 Å². The minimum absolute atomic E-state index is 0.0253. The number of ether oxygens (including phenoxy) is 1. The molecule has 0 N–H and O–H groups in total. The van der Waals surface area contributed by atoms with Gasteiger partial charge in [0, 0.05) is 12.1 Å². The van der Waals surface area contributed by atoms with E-state index in [1.54, 1.807) is 7.11 Å². The van der Waals surface area contributed by atoms with Crippen LogP contribution in [-0.4, -0.2) is 14.4 Å². The van der Waals surface area contributed by atoms with Crippen LogP contribution in [0.25, 0.3) is 11.1 Å². The van der Waals surface area contributed by atoms with E-state index in [4.69, 9.17) is 9.15 Å². The summed E-state index contributed by atoms with van der Waals surface area (Å²) in [4.78, 5) is 0. The second-order valence-corrected chi connectivity index (χ2v) is 8.30. The Kier molecular flexibility index (Phi) is 7.08. The third-order valence-electron chi connectivity index (χ3n) is 3.69. The molecule has 7 heteroatoms. The summed E-state index contributed by atoms with van der Waals surface area (Å²) in [6.07, 6.45) is 0. The lowest BCUT2D eigenvalue weighted by Gasteiger charge is -2.15. The number of benzene rings is 1. The standard InChI is InChI=1S/C20H27O2.BF4/c1-19(2,3)17-12-15(13-18(22-17)20(4,5)6)14-8-10-16(21-7)11-9-14;2-1(3,4)5/h8-13H,1-7H3;/q+1;-1. The van der Waals surface area contributed by atoms with Crippen LogP contribution in [0.5, 0.6) is 5.75 Å². The molecular formula is C20H27BF4O2. The fourth-order valence-electron chi connectivity index (χ4n) is 2.19. The number of halogens is 4. The van der Waals surface area contributed by atoms with Crippen molar-refractivity contribution in [3.05, 3.63) is 47.9 Å². The van der Waals surface area contributed by atoms with Crippen LogP contribution in [0, 0.1) is 0 Å². The Balaban J connectivity index is 0.000000646. The summed E-state index contributed by atoms with van der Waals surface area (Å²) in [5.41, 5.74) is 2.31. The molecule has 0 spiro atoms. The highest BCUT2D eigenvalue weighted by atomic mass is 19.5. The minimum Gasteiger partial charge on any atom is -0.497 e. The van der Waals surface area contributed by atoms with Gasteiger partial charge in [0.05, 0.1) is 17.9 Å². The maximum atomic E-state index is 9.75. The van der Waals surface area contributed by atoms with Gasteiger partial charge in [0.1, 0.15) is 5.75 Å². The molecule has 1 heterocycles. The first-order valence-corrected chi connectivity index (χ1v) is 8.62. The minimum atomic E-state index is -6.00. The first-order chi connectivity index (χ1) is 12.1. The van der Waals surface area contributed by atoms with E-state index >= 15 is 0 Å². The van der Waals surface area contributed by atoms with Crippen LogP contribution in [0.15, 0.2) is 40.8 Å².